The second kappa shape index (κ2) is 9.03. The van der Waals surface area contributed by atoms with Crippen LogP contribution < -0.4 is 0 Å². The van der Waals surface area contributed by atoms with Gasteiger partial charge in [0.05, 0.1) is 25.1 Å². The molecule has 0 aliphatic carbocycles. The van der Waals surface area contributed by atoms with Gasteiger partial charge in [-0.05, 0) is 24.7 Å². The molecule has 1 fully saturated rings. The number of carbonyl (C=O) groups excluding carboxylic acids is 1. The number of likely N-dealkylation sites (N-methyl/N-ethyl adjacent to an activating group) is 1. The van der Waals surface area contributed by atoms with E-state index >= 15 is 0 Å². The van der Waals surface area contributed by atoms with Gasteiger partial charge in [0.2, 0.25) is 5.91 Å². The van der Waals surface area contributed by atoms with Crippen LogP contribution in [0.5, 0.6) is 0 Å². The summed E-state index contributed by atoms with van der Waals surface area (Å²) in [6.07, 6.45) is 3.89. The van der Waals surface area contributed by atoms with Crippen molar-refractivity contribution < 1.29 is 9.53 Å². The summed E-state index contributed by atoms with van der Waals surface area (Å²) in [6, 6.07) is 19.7. The number of ether oxygens (including phenoxy) is 1. The molecule has 2 aromatic carbocycles. The van der Waals surface area contributed by atoms with Crippen molar-refractivity contribution in [2.45, 2.75) is 12.6 Å². The third-order valence-electron chi connectivity index (χ3n) is 5.20. The molecular weight excluding hydrogens is 364 g/mol. The van der Waals surface area contributed by atoms with Gasteiger partial charge in [0.15, 0.2) is 0 Å². The van der Waals surface area contributed by atoms with E-state index in [1.807, 2.05) is 89.7 Å². The standard InChI is InChI=1S/C23H26N4O2/c1-25(17-19-16-24-27(18-19)21-10-6-3-7-11-21)22(20-8-4-2-5-9-20)23(28)26-12-14-29-15-13-26/h2-11,16,18,22H,12-15,17H2,1H3/t22-/m0/s1. The van der Waals surface area contributed by atoms with Crippen molar-refractivity contribution in [3.8, 4) is 5.69 Å². The zero-order chi connectivity index (χ0) is 20.1. The van der Waals surface area contributed by atoms with Crippen molar-refractivity contribution >= 4 is 5.91 Å². The maximum atomic E-state index is 13.4. The van der Waals surface area contributed by atoms with Gasteiger partial charge >= 0.3 is 0 Å². The van der Waals surface area contributed by atoms with Gasteiger partial charge < -0.3 is 9.64 Å². The van der Waals surface area contributed by atoms with Gasteiger partial charge in [-0.2, -0.15) is 5.10 Å². The van der Waals surface area contributed by atoms with Crippen molar-refractivity contribution in [2.75, 3.05) is 33.4 Å². The highest BCUT2D eigenvalue weighted by Gasteiger charge is 2.30. The first-order valence-corrected chi connectivity index (χ1v) is 9.93. The summed E-state index contributed by atoms with van der Waals surface area (Å²) in [4.78, 5) is 17.4. The number of morpholine rings is 1. The molecule has 0 N–H and O–H groups in total. The van der Waals surface area contributed by atoms with Crippen LogP contribution in [0.4, 0.5) is 0 Å². The van der Waals surface area contributed by atoms with Crippen molar-refractivity contribution in [2.24, 2.45) is 0 Å². The summed E-state index contributed by atoms with van der Waals surface area (Å²) in [5.74, 6) is 0.123. The summed E-state index contributed by atoms with van der Waals surface area (Å²) in [5, 5.41) is 4.48. The molecule has 0 saturated carbocycles. The van der Waals surface area contributed by atoms with Crippen LogP contribution in [0.3, 0.4) is 0 Å². The molecule has 0 bridgehead atoms. The summed E-state index contributed by atoms with van der Waals surface area (Å²) < 4.78 is 7.28. The van der Waals surface area contributed by atoms with Crippen molar-refractivity contribution in [3.63, 3.8) is 0 Å². The number of para-hydroxylation sites is 1. The molecule has 4 rings (SSSR count). The fraction of sp³-hybridized carbons (Fsp3) is 0.304. The quantitative estimate of drug-likeness (QED) is 0.649. The minimum atomic E-state index is -0.339. The van der Waals surface area contributed by atoms with Crippen LogP contribution in [-0.2, 0) is 16.1 Å². The molecule has 0 spiro atoms. The maximum absolute atomic E-state index is 13.4. The van der Waals surface area contributed by atoms with Crippen LogP contribution in [0.15, 0.2) is 73.1 Å². The first-order chi connectivity index (χ1) is 14.2. The van der Waals surface area contributed by atoms with Gasteiger partial charge in [-0.1, -0.05) is 48.5 Å². The molecule has 1 atom stereocenters. The maximum Gasteiger partial charge on any atom is 0.244 e. The van der Waals surface area contributed by atoms with E-state index in [1.165, 1.54) is 0 Å². The van der Waals surface area contributed by atoms with E-state index in [4.69, 9.17) is 4.74 Å². The van der Waals surface area contributed by atoms with E-state index < -0.39 is 0 Å². The molecule has 3 aromatic rings. The van der Waals surface area contributed by atoms with Gasteiger partial charge in [-0.15, -0.1) is 0 Å². The monoisotopic (exact) mass is 390 g/mol. The minimum Gasteiger partial charge on any atom is -0.378 e. The Morgan fingerprint density at radius 3 is 2.41 bits per heavy atom. The molecule has 0 unspecified atom stereocenters. The van der Waals surface area contributed by atoms with Gasteiger partial charge in [0, 0.05) is 31.4 Å². The summed E-state index contributed by atoms with van der Waals surface area (Å²) >= 11 is 0. The lowest BCUT2D eigenvalue weighted by Gasteiger charge is -2.34. The van der Waals surface area contributed by atoms with E-state index in [0.717, 1.165) is 16.8 Å². The Bertz CT molecular complexity index is 920. The minimum absolute atomic E-state index is 0.123. The summed E-state index contributed by atoms with van der Waals surface area (Å²) in [7, 11) is 2.00. The normalized spacial score (nSPS) is 15.4. The predicted octanol–water partition coefficient (Wildman–Crippen LogP) is 2.90. The molecule has 1 aromatic heterocycles. The van der Waals surface area contributed by atoms with E-state index in [2.05, 4.69) is 10.00 Å². The van der Waals surface area contributed by atoms with Gasteiger partial charge in [0.1, 0.15) is 6.04 Å². The molecule has 1 amide bonds. The van der Waals surface area contributed by atoms with Crippen LogP contribution in [0.2, 0.25) is 0 Å². The van der Waals surface area contributed by atoms with E-state index in [9.17, 15) is 4.79 Å². The van der Waals surface area contributed by atoms with Gasteiger partial charge in [-0.3, -0.25) is 9.69 Å². The second-order valence-corrected chi connectivity index (χ2v) is 7.29. The van der Waals surface area contributed by atoms with Crippen LogP contribution in [-0.4, -0.2) is 58.8 Å². The fourth-order valence-corrected chi connectivity index (χ4v) is 3.72. The second-order valence-electron chi connectivity index (χ2n) is 7.29. The number of aromatic nitrogens is 2. The number of carbonyl (C=O) groups is 1. The van der Waals surface area contributed by atoms with E-state index in [1.54, 1.807) is 0 Å². The summed E-state index contributed by atoms with van der Waals surface area (Å²) in [6.45, 7) is 3.11. The van der Waals surface area contributed by atoms with Crippen LogP contribution in [0.25, 0.3) is 5.69 Å². The molecule has 1 aliphatic rings. The molecule has 2 heterocycles. The number of hydrogen-bond acceptors (Lipinski definition) is 4. The van der Waals surface area contributed by atoms with Gasteiger partial charge in [0.25, 0.3) is 0 Å². The first kappa shape index (κ1) is 19.4. The highest BCUT2D eigenvalue weighted by atomic mass is 16.5. The Hall–Kier alpha value is -2.96. The van der Waals surface area contributed by atoms with Crippen LogP contribution >= 0.6 is 0 Å². The number of rotatable bonds is 6. The molecular formula is C23H26N4O2. The predicted molar refractivity (Wildman–Crippen MR) is 112 cm³/mol. The van der Waals surface area contributed by atoms with E-state index in [0.29, 0.717) is 32.8 Å². The van der Waals surface area contributed by atoms with Crippen molar-refractivity contribution in [3.05, 3.63) is 84.2 Å². The Kier molecular flexibility index (Phi) is 6.03. The zero-order valence-electron chi connectivity index (χ0n) is 16.6. The Labute approximate surface area is 171 Å². The number of nitrogens with zero attached hydrogens (tertiary/aromatic N) is 4. The summed E-state index contributed by atoms with van der Waals surface area (Å²) in [5.41, 5.74) is 3.08. The van der Waals surface area contributed by atoms with Crippen molar-refractivity contribution in [1.82, 2.24) is 19.6 Å². The molecule has 1 saturated heterocycles. The lowest BCUT2D eigenvalue weighted by molar-refractivity contribution is -0.141. The van der Waals surface area contributed by atoms with E-state index in [-0.39, 0.29) is 11.9 Å². The largest absolute Gasteiger partial charge is 0.378 e. The molecule has 29 heavy (non-hydrogen) atoms. The topological polar surface area (TPSA) is 50.6 Å². The Morgan fingerprint density at radius 2 is 1.72 bits per heavy atom. The number of benzene rings is 2. The molecule has 6 heteroatoms. The molecule has 6 nitrogen and oxygen atoms in total. The lowest BCUT2D eigenvalue weighted by atomic mass is 10.0. The Balaban J connectivity index is 1.54. The first-order valence-electron chi connectivity index (χ1n) is 9.93. The highest BCUT2D eigenvalue weighted by molar-refractivity contribution is 5.83. The molecule has 1 aliphatic heterocycles. The third kappa shape index (κ3) is 4.55. The highest BCUT2D eigenvalue weighted by Crippen LogP contribution is 2.24. The smallest absolute Gasteiger partial charge is 0.244 e. The average molecular weight is 390 g/mol. The molecule has 0 radical (unpaired) electrons. The number of amides is 1. The molecule has 150 valence electrons. The SMILES string of the molecule is CN(Cc1cnn(-c2ccccc2)c1)[C@H](C(=O)N1CCOCC1)c1ccccc1. The van der Waals surface area contributed by atoms with Crippen LogP contribution in [0, 0.1) is 0 Å². The van der Waals surface area contributed by atoms with Crippen LogP contribution in [0.1, 0.15) is 17.2 Å². The Morgan fingerprint density at radius 1 is 1.07 bits per heavy atom. The van der Waals surface area contributed by atoms with Gasteiger partial charge in [-0.25, -0.2) is 4.68 Å². The zero-order valence-corrected chi connectivity index (χ0v) is 16.6. The fourth-order valence-electron chi connectivity index (χ4n) is 3.72. The lowest BCUT2D eigenvalue weighted by Crippen LogP contribution is -2.46. The third-order valence-corrected chi connectivity index (χ3v) is 5.20. The average Bonchev–Trinajstić information content (AvgIpc) is 3.24. The number of hydrogen-bond donors (Lipinski definition) is 0. The van der Waals surface area contributed by atoms with Crippen molar-refractivity contribution in [1.29, 1.82) is 0 Å².